The van der Waals surface area contributed by atoms with Crippen molar-refractivity contribution in [3.8, 4) is 28.7 Å². The van der Waals surface area contributed by atoms with Crippen molar-refractivity contribution in [1.82, 2.24) is 0 Å². The zero-order valence-electron chi connectivity index (χ0n) is 19.8. The van der Waals surface area contributed by atoms with Gasteiger partial charge in [0.05, 0.1) is 34.1 Å². The van der Waals surface area contributed by atoms with E-state index in [1.165, 1.54) is 21.3 Å². The van der Waals surface area contributed by atoms with Crippen molar-refractivity contribution in [2.75, 3.05) is 33.8 Å². The lowest BCUT2D eigenvalue weighted by atomic mass is 9.94. The van der Waals surface area contributed by atoms with Crippen LogP contribution in [0.15, 0.2) is 59.1 Å². The molecule has 0 aliphatic carbocycles. The number of nitrogens with one attached hydrogen (secondary N) is 1. The quantitative estimate of drug-likeness (QED) is 0.404. The molecule has 2 atom stereocenters. The fourth-order valence-corrected chi connectivity index (χ4v) is 4.41. The first kappa shape index (κ1) is 24.5. The number of hydrogen-bond acceptors (Lipinski definition) is 7. The van der Waals surface area contributed by atoms with Crippen LogP contribution in [0.25, 0.3) is 0 Å². The summed E-state index contributed by atoms with van der Waals surface area (Å²) in [6.07, 6.45) is -1.28. The minimum Gasteiger partial charge on any atom is -0.497 e. The number of benzene rings is 3. The van der Waals surface area contributed by atoms with Crippen molar-refractivity contribution in [3.05, 3.63) is 70.2 Å². The smallest absolute Gasteiger partial charge is 0.412 e. The average Bonchev–Trinajstić information content (AvgIpc) is 2.87. The van der Waals surface area contributed by atoms with Gasteiger partial charge in [-0.05, 0) is 41.5 Å². The van der Waals surface area contributed by atoms with Crippen molar-refractivity contribution >= 4 is 27.7 Å². The molecule has 3 aromatic carbocycles. The largest absolute Gasteiger partial charge is 0.497 e. The van der Waals surface area contributed by atoms with E-state index in [1.807, 2.05) is 42.5 Å². The van der Waals surface area contributed by atoms with Crippen LogP contribution in [0.2, 0.25) is 0 Å². The van der Waals surface area contributed by atoms with Gasteiger partial charge >= 0.3 is 6.09 Å². The molecule has 35 heavy (non-hydrogen) atoms. The lowest BCUT2D eigenvalue weighted by Crippen LogP contribution is -2.36. The van der Waals surface area contributed by atoms with Crippen molar-refractivity contribution in [2.45, 2.75) is 18.6 Å². The summed E-state index contributed by atoms with van der Waals surface area (Å²) >= 11 is 3.50. The molecule has 9 heteroatoms. The van der Waals surface area contributed by atoms with E-state index in [4.69, 9.17) is 28.4 Å². The van der Waals surface area contributed by atoms with E-state index in [-0.39, 0.29) is 0 Å². The number of hydrogen-bond donors (Lipinski definition) is 1. The zero-order valence-corrected chi connectivity index (χ0v) is 21.4. The minimum atomic E-state index is -0.640. The second-order valence-corrected chi connectivity index (χ2v) is 8.67. The third kappa shape index (κ3) is 5.40. The number of ether oxygens (including phenoxy) is 6. The second kappa shape index (κ2) is 10.8. The summed E-state index contributed by atoms with van der Waals surface area (Å²) in [5, 5.41) is 2.75. The van der Waals surface area contributed by atoms with Gasteiger partial charge in [-0.25, -0.2) is 4.79 Å². The molecule has 3 aromatic rings. The number of carbonyl (C=O) groups excluding carboxylic acids is 1. The van der Waals surface area contributed by atoms with E-state index >= 15 is 0 Å². The Balaban J connectivity index is 1.60. The predicted molar refractivity (Wildman–Crippen MR) is 134 cm³/mol. The van der Waals surface area contributed by atoms with Gasteiger partial charge < -0.3 is 28.4 Å². The van der Waals surface area contributed by atoms with E-state index in [0.717, 1.165) is 21.3 Å². The lowest BCUT2D eigenvalue weighted by molar-refractivity contribution is 0.00883. The van der Waals surface area contributed by atoms with Gasteiger partial charge in [0, 0.05) is 23.0 Å². The van der Waals surface area contributed by atoms with Crippen LogP contribution in [0.1, 0.15) is 17.2 Å². The van der Waals surface area contributed by atoms with Crippen LogP contribution in [-0.2, 0) is 11.2 Å². The maximum atomic E-state index is 13.0. The first-order valence-electron chi connectivity index (χ1n) is 10.8. The molecule has 184 valence electrons. The van der Waals surface area contributed by atoms with Crippen LogP contribution >= 0.6 is 15.9 Å². The Bertz CT molecular complexity index is 1190. The van der Waals surface area contributed by atoms with Gasteiger partial charge in [-0.15, -0.1) is 0 Å². The molecule has 8 nitrogen and oxygen atoms in total. The van der Waals surface area contributed by atoms with E-state index in [0.29, 0.717) is 35.1 Å². The third-order valence-corrected chi connectivity index (χ3v) is 6.12. The summed E-state index contributed by atoms with van der Waals surface area (Å²) in [5.74, 6) is 2.68. The summed E-state index contributed by atoms with van der Waals surface area (Å²) < 4.78 is 34.6. The second-order valence-electron chi connectivity index (χ2n) is 7.75. The molecule has 0 bridgehead atoms. The number of halogens is 1. The Labute approximate surface area is 212 Å². The van der Waals surface area contributed by atoms with Crippen molar-refractivity contribution in [3.63, 3.8) is 0 Å². The van der Waals surface area contributed by atoms with E-state index < -0.39 is 18.3 Å². The van der Waals surface area contributed by atoms with Gasteiger partial charge in [-0.3, -0.25) is 5.32 Å². The van der Waals surface area contributed by atoms with E-state index in [9.17, 15) is 4.79 Å². The Morgan fingerprint density at radius 2 is 1.69 bits per heavy atom. The summed E-state index contributed by atoms with van der Waals surface area (Å²) in [5.41, 5.74) is 2.20. The van der Waals surface area contributed by atoms with Crippen LogP contribution in [0.3, 0.4) is 0 Å². The van der Waals surface area contributed by atoms with E-state index in [1.54, 1.807) is 19.2 Å². The number of rotatable bonds is 7. The van der Waals surface area contributed by atoms with Gasteiger partial charge in [-0.2, -0.15) is 0 Å². The van der Waals surface area contributed by atoms with Crippen LogP contribution < -0.4 is 29.0 Å². The molecular formula is C26H26BrNO7. The lowest BCUT2D eigenvalue weighted by Gasteiger charge is -2.33. The molecule has 1 aliphatic rings. The fraction of sp³-hybridized carbons (Fsp3) is 0.269. The van der Waals surface area contributed by atoms with Gasteiger partial charge in [-0.1, -0.05) is 28.1 Å². The Morgan fingerprint density at radius 3 is 2.34 bits per heavy atom. The van der Waals surface area contributed by atoms with Crippen molar-refractivity contribution in [2.24, 2.45) is 0 Å². The Morgan fingerprint density at radius 1 is 0.943 bits per heavy atom. The number of fused-ring (bicyclic) bond motifs is 1. The molecule has 0 radical (unpaired) electrons. The first-order valence-corrected chi connectivity index (χ1v) is 11.6. The molecule has 0 saturated heterocycles. The Hall–Kier alpha value is -3.59. The van der Waals surface area contributed by atoms with Crippen LogP contribution in [-0.4, -0.2) is 40.6 Å². The van der Waals surface area contributed by atoms with Crippen LogP contribution in [0, 0.1) is 0 Å². The van der Waals surface area contributed by atoms with Gasteiger partial charge in [0.15, 0.2) is 17.6 Å². The maximum Gasteiger partial charge on any atom is 0.412 e. The molecular weight excluding hydrogens is 518 g/mol. The molecule has 0 aromatic heterocycles. The van der Waals surface area contributed by atoms with Crippen LogP contribution in [0.4, 0.5) is 10.5 Å². The predicted octanol–water partition coefficient (Wildman–Crippen LogP) is 5.78. The first-order chi connectivity index (χ1) is 16.9. The molecule has 1 heterocycles. The SMILES string of the molecule is COc1cccc([C@@H]2Oc3ccc(Br)cc3C[C@@H]2OC(=O)Nc2cc(OC)c(OC)c(OC)c2)c1. The summed E-state index contributed by atoms with van der Waals surface area (Å²) in [6.45, 7) is 0. The zero-order chi connectivity index (χ0) is 24.9. The third-order valence-electron chi connectivity index (χ3n) is 5.63. The standard InChI is InChI=1S/C26H26BrNO7/c1-30-19-7-5-6-15(11-19)24-23(12-16-10-17(27)8-9-20(16)34-24)35-26(29)28-18-13-21(31-2)25(33-4)22(14-18)32-3/h5-11,13-14,23-24H,12H2,1-4H3,(H,28,29)/t23-,24-/m0/s1. The number of methoxy groups -OCH3 is 4. The maximum absolute atomic E-state index is 13.0. The average molecular weight is 544 g/mol. The summed E-state index contributed by atoms with van der Waals surface area (Å²) in [6, 6.07) is 16.6. The molecule has 0 fully saturated rings. The fourth-order valence-electron chi connectivity index (χ4n) is 4.00. The Kier molecular flexibility index (Phi) is 7.55. The monoisotopic (exact) mass is 543 g/mol. The van der Waals surface area contributed by atoms with Gasteiger partial charge in [0.2, 0.25) is 5.75 Å². The molecule has 4 rings (SSSR count). The highest BCUT2D eigenvalue weighted by molar-refractivity contribution is 9.10. The van der Waals surface area contributed by atoms with E-state index in [2.05, 4.69) is 21.2 Å². The van der Waals surface area contributed by atoms with Crippen LogP contribution in [0.5, 0.6) is 28.7 Å². The molecule has 1 N–H and O–H groups in total. The topological polar surface area (TPSA) is 84.5 Å². The summed E-state index contributed by atoms with van der Waals surface area (Å²) in [7, 11) is 6.13. The molecule has 1 aliphatic heterocycles. The van der Waals surface area contributed by atoms with Gasteiger partial charge in [0.1, 0.15) is 17.6 Å². The molecule has 0 saturated carbocycles. The van der Waals surface area contributed by atoms with Crippen molar-refractivity contribution < 1.29 is 33.2 Å². The van der Waals surface area contributed by atoms with Gasteiger partial charge in [0.25, 0.3) is 0 Å². The summed E-state index contributed by atoms with van der Waals surface area (Å²) in [4.78, 5) is 13.0. The molecule has 1 amide bonds. The highest BCUT2D eigenvalue weighted by atomic mass is 79.9. The highest BCUT2D eigenvalue weighted by Gasteiger charge is 2.35. The highest BCUT2D eigenvalue weighted by Crippen LogP contribution is 2.41. The number of amides is 1. The number of carbonyl (C=O) groups is 1. The molecule has 0 unspecified atom stereocenters. The van der Waals surface area contributed by atoms with Crippen molar-refractivity contribution in [1.29, 1.82) is 0 Å². The minimum absolute atomic E-state index is 0.413. The normalized spacial score (nSPS) is 16.4. The molecule has 0 spiro atoms. The number of anilines is 1.